The molecule has 0 bridgehead atoms. The summed E-state index contributed by atoms with van der Waals surface area (Å²) in [5.41, 5.74) is 6.14. The molecule has 0 radical (unpaired) electrons. The maximum atomic E-state index is 5.56. The van der Waals surface area contributed by atoms with Crippen LogP contribution in [-0.2, 0) is 6.54 Å². The van der Waals surface area contributed by atoms with Crippen LogP contribution in [0.15, 0.2) is 35.4 Å². The quantitative estimate of drug-likeness (QED) is 0.707. The average molecular weight is 243 g/mol. The fourth-order valence-electron chi connectivity index (χ4n) is 1.43. The van der Waals surface area contributed by atoms with Gasteiger partial charge in [0.2, 0.25) is 17.5 Å². The molecule has 0 saturated carbocycles. The first kappa shape index (κ1) is 10.4. The molecule has 0 fully saturated rings. The second-order valence-corrected chi connectivity index (χ2v) is 3.56. The van der Waals surface area contributed by atoms with Gasteiger partial charge in [-0.25, -0.2) is 9.97 Å². The minimum atomic E-state index is 0.353. The van der Waals surface area contributed by atoms with Crippen molar-refractivity contribution in [3.05, 3.63) is 36.7 Å². The number of nitrogens with zero attached hydrogens (tertiary/aromatic N) is 6. The predicted molar refractivity (Wildman–Crippen MR) is 61.1 cm³/mol. The number of nitrogen functional groups attached to an aromatic ring is 1. The van der Waals surface area contributed by atoms with Crippen molar-refractivity contribution in [3.63, 3.8) is 0 Å². The summed E-state index contributed by atoms with van der Waals surface area (Å²) < 4.78 is 6.70. The normalized spacial score (nSPS) is 10.7. The first-order chi connectivity index (χ1) is 8.81. The van der Waals surface area contributed by atoms with Gasteiger partial charge in [-0.3, -0.25) is 4.68 Å². The number of hydrogen-bond donors (Lipinski definition) is 1. The van der Waals surface area contributed by atoms with Crippen molar-refractivity contribution in [1.29, 1.82) is 0 Å². The van der Waals surface area contributed by atoms with Gasteiger partial charge in [0.1, 0.15) is 6.54 Å². The monoisotopic (exact) mass is 243 g/mol. The van der Waals surface area contributed by atoms with Crippen molar-refractivity contribution in [2.24, 2.45) is 0 Å². The Labute approximate surface area is 101 Å². The molecule has 3 aromatic heterocycles. The van der Waals surface area contributed by atoms with Crippen LogP contribution < -0.4 is 5.73 Å². The largest absolute Gasteiger partial charge is 0.396 e. The lowest BCUT2D eigenvalue weighted by molar-refractivity contribution is 0.366. The highest BCUT2D eigenvalue weighted by Crippen LogP contribution is 2.10. The molecule has 0 amide bonds. The van der Waals surface area contributed by atoms with E-state index in [1.165, 1.54) is 0 Å². The smallest absolute Gasteiger partial charge is 0.248 e. The van der Waals surface area contributed by atoms with Crippen molar-refractivity contribution in [2.45, 2.75) is 6.54 Å². The zero-order valence-corrected chi connectivity index (χ0v) is 9.26. The van der Waals surface area contributed by atoms with E-state index in [9.17, 15) is 0 Å². The topological polar surface area (TPSA) is 109 Å². The Hall–Kier alpha value is -2.77. The van der Waals surface area contributed by atoms with Crippen LogP contribution >= 0.6 is 0 Å². The summed E-state index contributed by atoms with van der Waals surface area (Å²) in [6.07, 6.45) is 6.47. The van der Waals surface area contributed by atoms with Gasteiger partial charge in [-0.15, -0.1) is 0 Å². The third-order valence-electron chi connectivity index (χ3n) is 2.18. The molecule has 0 aliphatic rings. The molecule has 0 aliphatic carbocycles. The second-order valence-electron chi connectivity index (χ2n) is 3.56. The summed E-state index contributed by atoms with van der Waals surface area (Å²) in [5, 5.41) is 7.83. The molecule has 0 aromatic carbocycles. The summed E-state index contributed by atoms with van der Waals surface area (Å²) in [7, 11) is 0. The molecule has 0 saturated heterocycles. The first-order valence-electron chi connectivity index (χ1n) is 5.19. The number of aromatic nitrogens is 6. The van der Waals surface area contributed by atoms with E-state index >= 15 is 0 Å². The van der Waals surface area contributed by atoms with Gasteiger partial charge in [0.05, 0.1) is 11.9 Å². The summed E-state index contributed by atoms with van der Waals surface area (Å²) in [4.78, 5) is 12.3. The summed E-state index contributed by atoms with van der Waals surface area (Å²) in [5.74, 6) is 1.19. The molecule has 3 heterocycles. The molecule has 0 unspecified atom stereocenters. The zero-order valence-electron chi connectivity index (χ0n) is 9.26. The number of hydrogen-bond acceptors (Lipinski definition) is 7. The van der Waals surface area contributed by atoms with E-state index in [4.69, 9.17) is 10.3 Å². The maximum absolute atomic E-state index is 5.56. The lowest BCUT2D eigenvalue weighted by Crippen LogP contribution is -2.00. The Kier molecular flexibility index (Phi) is 2.45. The number of anilines is 1. The summed E-state index contributed by atoms with van der Waals surface area (Å²) in [6, 6.07) is 1.72. The molecular formula is C10H9N7O. The molecule has 0 spiro atoms. The van der Waals surface area contributed by atoms with Crippen LogP contribution in [0.25, 0.3) is 11.6 Å². The Balaban J connectivity index is 1.82. The van der Waals surface area contributed by atoms with Crippen LogP contribution in [-0.4, -0.2) is 29.9 Å². The summed E-state index contributed by atoms with van der Waals surface area (Å²) in [6.45, 7) is 0.358. The van der Waals surface area contributed by atoms with E-state index in [1.54, 1.807) is 35.5 Å². The average Bonchev–Trinajstić information content (AvgIpc) is 3.01. The lowest BCUT2D eigenvalue weighted by atomic mass is 10.5. The van der Waals surface area contributed by atoms with Crippen molar-refractivity contribution in [2.75, 3.05) is 5.73 Å². The molecule has 8 heteroatoms. The van der Waals surface area contributed by atoms with Gasteiger partial charge in [-0.1, -0.05) is 5.16 Å². The molecule has 3 rings (SSSR count). The molecular weight excluding hydrogens is 234 g/mol. The van der Waals surface area contributed by atoms with Crippen molar-refractivity contribution < 1.29 is 4.52 Å². The lowest BCUT2D eigenvalue weighted by Gasteiger charge is -1.93. The van der Waals surface area contributed by atoms with Crippen LogP contribution in [0.2, 0.25) is 0 Å². The second kappa shape index (κ2) is 4.24. The van der Waals surface area contributed by atoms with E-state index in [0.717, 1.165) is 0 Å². The minimum absolute atomic E-state index is 0.353. The fourth-order valence-corrected chi connectivity index (χ4v) is 1.43. The molecule has 0 atom stereocenters. The van der Waals surface area contributed by atoms with Crippen LogP contribution in [0.1, 0.15) is 5.89 Å². The van der Waals surface area contributed by atoms with Gasteiger partial charge < -0.3 is 10.3 Å². The van der Waals surface area contributed by atoms with E-state index in [1.807, 2.05) is 0 Å². The minimum Gasteiger partial charge on any atom is -0.396 e. The van der Waals surface area contributed by atoms with Crippen LogP contribution in [0.3, 0.4) is 0 Å². The predicted octanol–water partition coefficient (Wildman–Crippen LogP) is 0.354. The van der Waals surface area contributed by atoms with Gasteiger partial charge in [-0.2, -0.15) is 10.1 Å². The van der Waals surface area contributed by atoms with Crippen LogP contribution in [0.5, 0.6) is 0 Å². The van der Waals surface area contributed by atoms with E-state index in [0.29, 0.717) is 29.8 Å². The Morgan fingerprint density at radius 1 is 1.22 bits per heavy atom. The van der Waals surface area contributed by atoms with Crippen molar-refractivity contribution in [1.82, 2.24) is 29.9 Å². The van der Waals surface area contributed by atoms with Gasteiger partial charge in [-0.05, 0) is 6.07 Å². The Morgan fingerprint density at radius 3 is 2.78 bits per heavy atom. The molecule has 90 valence electrons. The fraction of sp³-hybridized carbons (Fsp3) is 0.100. The standard InChI is InChI=1S/C10H9N7O/c11-7-4-14-17(5-7)6-8-15-10(16-18-8)9-12-2-1-3-13-9/h1-5H,6,11H2. The summed E-state index contributed by atoms with van der Waals surface area (Å²) >= 11 is 0. The van der Waals surface area contributed by atoms with Gasteiger partial charge in [0.15, 0.2) is 0 Å². The maximum Gasteiger partial charge on any atom is 0.248 e. The number of nitrogens with two attached hydrogens (primary N) is 1. The van der Waals surface area contributed by atoms with Crippen molar-refractivity contribution in [3.8, 4) is 11.6 Å². The van der Waals surface area contributed by atoms with Crippen molar-refractivity contribution >= 4 is 5.69 Å². The molecule has 3 aromatic rings. The van der Waals surface area contributed by atoms with Gasteiger partial charge >= 0.3 is 0 Å². The van der Waals surface area contributed by atoms with Gasteiger partial charge in [0.25, 0.3) is 0 Å². The zero-order chi connectivity index (χ0) is 12.4. The Morgan fingerprint density at radius 2 is 2.06 bits per heavy atom. The first-order valence-corrected chi connectivity index (χ1v) is 5.19. The third kappa shape index (κ3) is 2.03. The molecule has 18 heavy (non-hydrogen) atoms. The SMILES string of the molecule is Nc1cnn(Cc2nc(-c3ncccn3)no2)c1. The van der Waals surface area contributed by atoms with E-state index in [2.05, 4.69) is 25.2 Å². The van der Waals surface area contributed by atoms with Gasteiger partial charge in [0, 0.05) is 18.6 Å². The molecule has 2 N–H and O–H groups in total. The highest BCUT2D eigenvalue weighted by Gasteiger charge is 2.11. The van der Waals surface area contributed by atoms with E-state index < -0.39 is 0 Å². The highest BCUT2D eigenvalue weighted by atomic mass is 16.5. The molecule has 0 aliphatic heterocycles. The van der Waals surface area contributed by atoms with E-state index in [-0.39, 0.29) is 0 Å². The Bertz CT molecular complexity index is 645. The number of rotatable bonds is 3. The third-order valence-corrected chi connectivity index (χ3v) is 2.18. The van der Waals surface area contributed by atoms with Crippen LogP contribution in [0.4, 0.5) is 5.69 Å². The highest BCUT2D eigenvalue weighted by molar-refractivity contribution is 5.40. The molecule has 8 nitrogen and oxygen atoms in total. The van der Waals surface area contributed by atoms with Crippen LogP contribution in [0, 0.1) is 0 Å².